The number of para-hydroxylation sites is 1. The number of hydrogen-bond acceptors (Lipinski definition) is 4. The zero-order valence-electron chi connectivity index (χ0n) is 9.07. The van der Waals surface area contributed by atoms with Crippen LogP contribution in [0.3, 0.4) is 0 Å². The Labute approximate surface area is 100 Å². The zero-order valence-corrected chi connectivity index (χ0v) is 9.89. The van der Waals surface area contributed by atoms with E-state index in [0.717, 1.165) is 23.7 Å². The van der Waals surface area contributed by atoms with E-state index in [-0.39, 0.29) is 0 Å². The van der Waals surface area contributed by atoms with Crippen molar-refractivity contribution in [3.8, 4) is 6.07 Å². The standard InChI is InChI=1S/C12H15N3S/c1-2-7-16-8-6-15-11-5-3-4-10(9-13)12(11)14/h2-5,15H,1,6-8,14H2. The molecule has 0 aliphatic rings. The van der Waals surface area contributed by atoms with Gasteiger partial charge in [0, 0.05) is 18.1 Å². The van der Waals surface area contributed by atoms with Crippen LogP contribution in [0.25, 0.3) is 0 Å². The summed E-state index contributed by atoms with van der Waals surface area (Å²) < 4.78 is 0. The van der Waals surface area contributed by atoms with Crippen molar-refractivity contribution in [2.45, 2.75) is 0 Å². The SMILES string of the molecule is C=CCSCCNc1cccc(C#N)c1N. The Balaban J connectivity index is 2.48. The highest BCUT2D eigenvalue weighted by Gasteiger charge is 2.02. The average molecular weight is 233 g/mol. The van der Waals surface area contributed by atoms with Gasteiger partial charge in [0.15, 0.2) is 0 Å². The topological polar surface area (TPSA) is 61.8 Å². The molecule has 16 heavy (non-hydrogen) atoms. The van der Waals surface area contributed by atoms with Crippen LogP contribution in [0.15, 0.2) is 30.9 Å². The lowest BCUT2D eigenvalue weighted by Gasteiger charge is -2.09. The number of anilines is 2. The molecule has 0 bridgehead atoms. The summed E-state index contributed by atoms with van der Waals surface area (Å²) in [6, 6.07) is 7.49. The van der Waals surface area contributed by atoms with Gasteiger partial charge in [0.05, 0.1) is 16.9 Å². The molecule has 0 aromatic heterocycles. The summed E-state index contributed by atoms with van der Waals surface area (Å²) in [4.78, 5) is 0. The van der Waals surface area contributed by atoms with E-state index in [2.05, 4.69) is 18.0 Å². The number of rotatable bonds is 6. The van der Waals surface area contributed by atoms with E-state index in [1.807, 2.05) is 18.2 Å². The molecular weight excluding hydrogens is 218 g/mol. The predicted octanol–water partition coefficient (Wildman–Crippen LogP) is 2.47. The van der Waals surface area contributed by atoms with Crippen LogP contribution in [0.2, 0.25) is 0 Å². The van der Waals surface area contributed by atoms with E-state index in [9.17, 15) is 0 Å². The van der Waals surface area contributed by atoms with Crippen LogP contribution in [0, 0.1) is 11.3 Å². The summed E-state index contributed by atoms with van der Waals surface area (Å²) in [5.41, 5.74) is 7.70. The molecule has 0 unspecified atom stereocenters. The van der Waals surface area contributed by atoms with Crippen molar-refractivity contribution in [2.75, 3.05) is 29.1 Å². The van der Waals surface area contributed by atoms with Gasteiger partial charge in [0.2, 0.25) is 0 Å². The molecule has 1 rings (SSSR count). The number of nitrogens with zero attached hydrogens (tertiary/aromatic N) is 1. The Morgan fingerprint density at radius 2 is 2.38 bits per heavy atom. The number of thioether (sulfide) groups is 1. The Kier molecular flexibility index (Phi) is 5.30. The third-order valence-corrected chi connectivity index (χ3v) is 2.99. The Hall–Kier alpha value is -1.60. The van der Waals surface area contributed by atoms with Gasteiger partial charge in [-0.25, -0.2) is 0 Å². The minimum absolute atomic E-state index is 0.517. The lowest BCUT2D eigenvalue weighted by atomic mass is 10.1. The lowest BCUT2D eigenvalue weighted by Crippen LogP contribution is -2.07. The van der Waals surface area contributed by atoms with Gasteiger partial charge in [0.1, 0.15) is 6.07 Å². The second kappa shape index (κ2) is 6.81. The highest BCUT2D eigenvalue weighted by molar-refractivity contribution is 7.99. The van der Waals surface area contributed by atoms with Gasteiger partial charge < -0.3 is 11.1 Å². The molecule has 0 aliphatic heterocycles. The Morgan fingerprint density at radius 3 is 3.06 bits per heavy atom. The van der Waals surface area contributed by atoms with Crippen molar-refractivity contribution >= 4 is 23.1 Å². The monoisotopic (exact) mass is 233 g/mol. The second-order valence-electron chi connectivity index (χ2n) is 3.17. The summed E-state index contributed by atoms with van der Waals surface area (Å²) in [5, 5.41) is 12.0. The highest BCUT2D eigenvalue weighted by atomic mass is 32.2. The fourth-order valence-electron chi connectivity index (χ4n) is 1.24. The summed E-state index contributed by atoms with van der Waals surface area (Å²) in [6.45, 7) is 4.49. The maximum Gasteiger partial charge on any atom is 0.101 e. The van der Waals surface area contributed by atoms with Gasteiger partial charge in [-0.1, -0.05) is 12.1 Å². The van der Waals surface area contributed by atoms with Crippen molar-refractivity contribution in [1.82, 2.24) is 0 Å². The first kappa shape index (κ1) is 12.5. The van der Waals surface area contributed by atoms with Gasteiger partial charge in [-0.3, -0.25) is 0 Å². The zero-order chi connectivity index (χ0) is 11.8. The van der Waals surface area contributed by atoms with Crippen molar-refractivity contribution in [3.63, 3.8) is 0 Å². The van der Waals surface area contributed by atoms with Crippen LogP contribution < -0.4 is 11.1 Å². The van der Waals surface area contributed by atoms with E-state index >= 15 is 0 Å². The molecule has 3 N–H and O–H groups in total. The molecule has 4 heteroatoms. The number of nitrogen functional groups attached to an aromatic ring is 1. The molecule has 0 aliphatic carbocycles. The molecule has 0 spiro atoms. The molecule has 84 valence electrons. The van der Waals surface area contributed by atoms with Crippen molar-refractivity contribution in [2.24, 2.45) is 0 Å². The van der Waals surface area contributed by atoms with Crippen LogP contribution in [-0.2, 0) is 0 Å². The van der Waals surface area contributed by atoms with E-state index in [4.69, 9.17) is 11.0 Å². The number of hydrogen-bond donors (Lipinski definition) is 2. The van der Waals surface area contributed by atoms with Crippen LogP contribution in [0.1, 0.15) is 5.56 Å². The highest BCUT2D eigenvalue weighted by Crippen LogP contribution is 2.21. The largest absolute Gasteiger partial charge is 0.396 e. The molecule has 0 amide bonds. The molecule has 0 atom stereocenters. The van der Waals surface area contributed by atoms with E-state index in [0.29, 0.717) is 11.3 Å². The van der Waals surface area contributed by atoms with Gasteiger partial charge in [-0.2, -0.15) is 17.0 Å². The van der Waals surface area contributed by atoms with Gasteiger partial charge in [-0.15, -0.1) is 6.58 Å². The van der Waals surface area contributed by atoms with Crippen LogP contribution in [-0.4, -0.2) is 18.1 Å². The molecule has 0 fully saturated rings. The van der Waals surface area contributed by atoms with Crippen LogP contribution in [0.5, 0.6) is 0 Å². The smallest absolute Gasteiger partial charge is 0.101 e. The van der Waals surface area contributed by atoms with Gasteiger partial charge >= 0.3 is 0 Å². The minimum atomic E-state index is 0.517. The molecule has 1 aromatic carbocycles. The van der Waals surface area contributed by atoms with Crippen LogP contribution >= 0.6 is 11.8 Å². The first-order chi connectivity index (χ1) is 7.79. The number of nitrogens with one attached hydrogen (secondary N) is 1. The number of benzene rings is 1. The summed E-state index contributed by atoms with van der Waals surface area (Å²) in [7, 11) is 0. The third kappa shape index (κ3) is 3.52. The van der Waals surface area contributed by atoms with Crippen molar-refractivity contribution in [1.29, 1.82) is 5.26 Å². The predicted molar refractivity (Wildman–Crippen MR) is 71.6 cm³/mol. The quantitative estimate of drug-likeness (QED) is 0.450. The van der Waals surface area contributed by atoms with E-state index in [1.54, 1.807) is 17.8 Å². The summed E-state index contributed by atoms with van der Waals surface area (Å²) in [6.07, 6.45) is 1.88. The van der Waals surface area contributed by atoms with Gasteiger partial charge in [-0.05, 0) is 12.1 Å². The number of nitriles is 1. The Morgan fingerprint density at radius 1 is 1.56 bits per heavy atom. The first-order valence-corrected chi connectivity index (χ1v) is 6.16. The van der Waals surface area contributed by atoms with E-state index < -0.39 is 0 Å². The third-order valence-electron chi connectivity index (χ3n) is 2.02. The molecule has 1 aromatic rings. The van der Waals surface area contributed by atoms with Crippen LogP contribution in [0.4, 0.5) is 11.4 Å². The van der Waals surface area contributed by atoms with Crippen molar-refractivity contribution < 1.29 is 0 Å². The molecule has 0 saturated heterocycles. The maximum atomic E-state index is 8.81. The summed E-state index contributed by atoms with van der Waals surface area (Å²) >= 11 is 1.80. The fraction of sp³-hybridized carbons (Fsp3) is 0.250. The maximum absolute atomic E-state index is 8.81. The molecular formula is C12H15N3S. The van der Waals surface area contributed by atoms with Crippen molar-refractivity contribution in [3.05, 3.63) is 36.4 Å². The number of nitrogens with two attached hydrogens (primary N) is 1. The minimum Gasteiger partial charge on any atom is -0.396 e. The molecule has 0 radical (unpaired) electrons. The normalized spacial score (nSPS) is 9.44. The lowest BCUT2D eigenvalue weighted by molar-refractivity contribution is 1.23. The Bertz CT molecular complexity index is 396. The molecule has 0 heterocycles. The summed E-state index contributed by atoms with van der Waals surface area (Å²) in [5.74, 6) is 1.94. The average Bonchev–Trinajstić information content (AvgIpc) is 2.31. The van der Waals surface area contributed by atoms with Gasteiger partial charge in [0.25, 0.3) is 0 Å². The fourth-order valence-corrected chi connectivity index (χ4v) is 1.82. The second-order valence-corrected chi connectivity index (χ2v) is 4.32. The van der Waals surface area contributed by atoms with E-state index in [1.165, 1.54) is 0 Å². The molecule has 0 saturated carbocycles. The molecule has 3 nitrogen and oxygen atoms in total. The first-order valence-electron chi connectivity index (χ1n) is 5.00.